The highest BCUT2D eigenvalue weighted by Crippen LogP contribution is 2.34. The highest BCUT2D eigenvalue weighted by atomic mass is 19.1. The van der Waals surface area contributed by atoms with E-state index in [1.807, 2.05) is 42.5 Å². The predicted molar refractivity (Wildman–Crippen MR) is 123 cm³/mol. The van der Waals surface area contributed by atoms with Crippen LogP contribution in [0.25, 0.3) is 0 Å². The number of benzene rings is 2. The first-order valence-electron chi connectivity index (χ1n) is 11.2. The maximum absolute atomic E-state index is 13.9. The quantitative estimate of drug-likeness (QED) is 0.508. The number of ketones is 1. The minimum absolute atomic E-state index is 0.0997. The number of nitrogens with zero attached hydrogens (tertiary/aromatic N) is 1. The van der Waals surface area contributed by atoms with Gasteiger partial charge in [0.25, 0.3) is 0 Å². The summed E-state index contributed by atoms with van der Waals surface area (Å²) in [6.45, 7) is 2.88. The zero-order valence-electron chi connectivity index (χ0n) is 18.4. The SMILES string of the molecule is C[C@@H]1CC[C@@](COc2ccc(F)cn2)(C(=O)c2ccccc2CCc2ccccc2)CN1. The van der Waals surface area contributed by atoms with Gasteiger partial charge in [-0.25, -0.2) is 9.37 Å². The number of halogens is 1. The van der Waals surface area contributed by atoms with Crippen LogP contribution in [0.4, 0.5) is 4.39 Å². The van der Waals surface area contributed by atoms with E-state index in [2.05, 4.69) is 29.4 Å². The van der Waals surface area contributed by atoms with Crippen LogP contribution >= 0.6 is 0 Å². The van der Waals surface area contributed by atoms with E-state index in [0.717, 1.165) is 43.0 Å². The molecule has 1 aliphatic heterocycles. The Balaban J connectivity index is 1.56. The fraction of sp³-hybridized carbons (Fsp3) is 0.333. The van der Waals surface area contributed by atoms with Crippen molar-refractivity contribution in [3.8, 4) is 5.88 Å². The third-order valence-electron chi connectivity index (χ3n) is 6.31. The monoisotopic (exact) mass is 432 g/mol. The Labute approximate surface area is 188 Å². The summed E-state index contributed by atoms with van der Waals surface area (Å²) in [4.78, 5) is 17.9. The van der Waals surface area contributed by atoms with Crippen LogP contribution in [0.3, 0.4) is 0 Å². The summed E-state index contributed by atoms with van der Waals surface area (Å²) in [5, 5.41) is 3.47. The highest BCUT2D eigenvalue weighted by molar-refractivity contribution is 6.02. The van der Waals surface area contributed by atoms with Gasteiger partial charge in [-0.3, -0.25) is 4.79 Å². The molecule has 1 N–H and O–H groups in total. The molecular weight excluding hydrogens is 403 g/mol. The highest BCUT2D eigenvalue weighted by Gasteiger charge is 2.43. The van der Waals surface area contributed by atoms with Crippen LogP contribution in [-0.2, 0) is 12.8 Å². The second kappa shape index (κ2) is 10.0. The third-order valence-corrected chi connectivity index (χ3v) is 6.31. The molecule has 2 aromatic carbocycles. The number of aryl methyl sites for hydroxylation is 2. The van der Waals surface area contributed by atoms with E-state index in [0.29, 0.717) is 18.5 Å². The molecule has 166 valence electrons. The average Bonchev–Trinajstić information content (AvgIpc) is 2.84. The molecule has 4 rings (SSSR count). The molecule has 0 spiro atoms. The lowest BCUT2D eigenvalue weighted by Crippen LogP contribution is -2.52. The molecule has 0 saturated carbocycles. The zero-order valence-corrected chi connectivity index (χ0v) is 18.4. The van der Waals surface area contributed by atoms with E-state index in [1.54, 1.807) is 0 Å². The molecule has 0 radical (unpaired) electrons. The van der Waals surface area contributed by atoms with Crippen molar-refractivity contribution in [1.29, 1.82) is 0 Å². The summed E-state index contributed by atoms with van der Waals surface area (Å²) in [5.74, 6) is 0.0147. The number of hydrogen-bond donors (Lipinski definition) is 1. The van der Waals surface area contributed by atoms with Crippen LogP contribution < -0.4 is 10.1 Å². The van der Waals surface area contributed by atoms with E-state index in [4.69, 9.17) is 4.74 Å². The number of carbonyl (C=O) groups excluding carboxylic acids is 1. The molecule has 3 aromatic rings. The van der Waals surface area contributed by atoms with Gasteiger partial charge in [0.05, 0.1) is 11.6 Å². The van der Waals surface area contributed by atoms with Crippen LogP contribution in [0.1, 0.15) is 41.3 Å². The van der Waals surface area contributed by atoms with Crippen molar-refractivity contribution < 1.29 is 13.9 Å². The average molecular weight is 433 g/mol. The van der Waals surface area contributed by atoms with Crippen molar-refractivity contribution in [3.63, 3.8) is 0 Å². The number of aromatic nitrogens is 1. The maximum Gasteiger partial charge on any atom is 0.213 e. The van der Waals surface area contributed by atoms with E-state index >= 15 is 0 Å². The fourth-order valence-corrected chi connectivity index (χ4v) is 4.26. The maximum atomic E-state index is 13.9. The summed E-state index contributed by atoms with van der Waals surface area (Å²) in [7, 11) is 0. The lowest BCUT2D eigenvalue weighted by molar-refractivity contribution is 0.0557. The number of rotatable bonds is 8. The van der Waals surface area contributed by atoms with Gasteiger partial charge in [-0.2, -0.15) is 0 Å². The fourth-order valence-electron chi connectivity index (χ4n) is 4.26. The van der Waals surface area contributed by atoms with Crippen molar-refractivity contribution in [2.24, 2.45) is 5.41 Å². The molecule has 1 aromatic heterocycles. The molecule has 2 atom stereocenters. The predicted octanol–water partition coefficient (Wildman–Crippen LogP) is 5.03. The summed E-state index contributed by atoms with van der Waals surface area (Å²) >= 11 is 0. The number of nitrogens with one attached hydrogen (secondary N) is 1. The number of carbonyl (C=O) groups is 1. The lowest BCUT2D eigenvalue weighted by Gasteiger charge is -2.38. The molecule has 1 aliphatic rings. The van der Waals surface area contributed by atoms with Gasteiger partial charge in [0.2, 0.25) is 5.88 Å². The Hall–Kier alpha value is -3.05. The van der Waals surface area contributed by atoms with Crippen molar-refractivity contribution in [1.82, 2.24) is 10.3 Å². The van der Waals surface area contributed by atoms with Gasteiger partial charge in [-0.1, -0.05) is 54.6 Å². The normalized spacial score (nSPS) is 20.6. The summed E-state index contributed by atoms with van der Waals surface area (Å²) in [6, 6.07) is 21.4. The zero-order chi connectivity index (χ0) is 22.4. The molecule has 4 nitrogen and oxygen atoms in total. The molecular formula is C27H29FN2O2. The number of piperidine rings is 1. The van der Waals surface area contributed by atoms with E-state index in [1.165, 1.54) is 17.7 Å². The van der Waals surface area contributed by atoms with Crippen LogP contribution in [0.2, 0.25) is 0 Å². The van der Waals surface area contributed by atoms with E-state index in [9.17, 15) is 9.18 Å². The molecule has 1 fully saturated rings. The van der Waals surface area contributed by atoms with Gasteiger partial charge >= 0.3 is 0 Å². The smallest absolute Gasteiger partial charge is 0.213 e. The topological polar surface area (TPSA) is 51.2 Å². The van der Waals surface area contributed by atoms with Gasteiger partial charge < -0.3 is 10.1 Å². The molecule has 1 saturated heterocycles. The van der Waals surface area contributed by atoms with Gasteiger partial charge in [0.1, 0.15) is 12.4 Å². The molecule has 0 aliphatic carbocycles. The van der Waals surface area contributed by atoms with Crippen molar-refractivity contribution in [3.05, 3.63) is 95.4 Å². The Morgan fingerprint density at radius 3 is 2.59 bits per heavy atom. The van der Waals surface area contributed by atoms with Gasteiger partial charge in [-0.15, -0.1) is 0 Å². The number of hydrogen-bond acceptors (Lipinski definition) is 4. The van der Waals surface area contributed by atoms with Crippen LogP contribution in [0.15, 0.2) is 72.9 Å². The van der Waals surface area contributed by atoms with Crippen LogP contribution in [0.5, 0.6) is 5.88 Å². The largest absolute Gasteiger partial charge is 0.477 e. The Morgan fingerprint density at radius 2 is 1.88 bits per heavy atom. The Morgan fingerprint density at radius 1 is 1.09 bits per heavy atom. The summed E-state index contributed by atoms with van der Waals surface area (Å²) in [6.07, 6.45) is 4.42. The minimum Gasteiger partial charge on any atom is -0.477 e. The molecule has 5 heteroatoms. The second-order valence-electron chi connectivity index (χ2n) is 8.68. The van der Waals surface area contributed by atoms with Crippen LogP contribution in [0, 0.1) is 11.2 Å². The molecule has 32 heavy (non-hydrogen) atoms. The standard InChI is InChI=1S/C27H29FN2O2/c1-20-15-16-27(18-30-20,19-32-25-14-13-23(28)17-29-25)26(31)24-10-6-5-9-22(24)12-11-21-7-3-2-4-8-21/h2-10,13-14,17,20,30H,11-12,15-16,18-19H2,1H3/t20-,27-/m1/s1. The van der Waals surface area contributed by atoms with E-state index < -0.39 is 11.2 Å². The van der Waals surface area contributed by atoms with Gasteiger partial charge in [0.15, 0.2) is 5.78 Å². The first kappa shape index (κ1) is 22.2. The summed E-state index contributed by atoms with van der Waals surface area (Å²) in [5.41, 5.74) is 2.38. The third kappa shape index (κ3) is 5.22. The van der Waals surface area contributed by atoms with E-state index in [-0.39, 0.29) is 12.4 Å². The summed E-state index contributed by atoms with van der Waals surface area (Å²) < 4.78 is 19.1. The first-order valence-corrected chi connectivity index (χ1v) is 11.2. The number of pyridine rings is 1. The minimum atomic E-state index is -0.689. The number of ether oxygens (including phenoxy) is 1. The van der Waals surface area contributed by atoms with Crippen LogP contribution in [-0.4, -0.2) is 30.0 Å². The molecule has 2 heterocycles. The molecule has 0 unspecified atom stereocenters. The van der Waals surface area contributed by atoms with Crippen molar-refractivity contribution in [2.45, 2.75) is 38.6 Å². The second-order valence-corrected chi connectivity index (χ2v) is 8.68. The Bertz CT molecular complexity index is 1030. The lowest BCUT2D eigenvalue weighted by atomic mass is 9.73. The van der Waals surface area contributed by atoms with Crippen molar-refractivity contribution >= 4 is 5.78 Å². The number of Topliss-reactive ketones (excluding diaryl/α,β-unsaturated/α-hetero) is 1. The molecule has 0 amide bonds. The first-order chi connectivity index (χ1) is 15.6. The van der Waals surface area contributed by atoms with Gasteiger partial charge in [-0.05, 0) is 49.8 Å². The Kier molecular flexibility index (Phi) is 6.96. The molecule has 0 bridgehead atoms. The van der Waals surface area contributed by atoms with Crippen molar-refractivity contribution in [2.75, 3.05) is 13.2 Å². The van der Waals surface area contributed by atoms with Gasteiger partial charge in [0, 0.05) is 24.2 Å².